The van der Waals surface area contributed by atoms with Crippen LogP contribution in [0, 0.1) is 0 Å². The maximum atomic E-state index is 13.1. The van der Waals surface area contributed by atoms with Gasteiger partial charge in [0, 0.05) is 26.3 Å². The summed E-state index contributed by atoms with van der Waals surface area (Å²) in [5.74, 6) is -1.53. The van der Waals surface area contributed by atoms with Crippen LogP contribution in [-0.2, 0) is 33.9 Å². The largest absolute Gasteiger partial charge is 0.416 e. The molecule has 0 radical (unpaired) electrons. The fraction of sp³-hybridized carbons (Fsp3) is 0.400. The smallest absolute Gasteiger partial charge is 0.389 e. The van der Waals surface area contributed by atoms with E-state index in [1.807, 2.05) is 0 Å². The lowest BCUT2D eigenvalue weighted by Crippen LogP contribution is -2.43. The molecule has 1 aliphatic carbocycles. The fourth-order valence-corrected chi connectivity index (χ4v) is 4.49. The van der Waals surface area contributed by atoms with Gasteiger partial charge in [0.25, 0.3) is 0 Å². The first-order valence-electron chi connectivity index (χ1n) is 9.49. The molecule has 1 fully saturated rings. The van der Waals surface area contributed by atoms with Gasteiger partial charge >= 0.3 is 12.4 Å². The van der Waals surface area contributed by atoms with Gasteiger partial charge in [0.05, 0.1) is 16.8 Å². The summed E-state index contributed by atoms with van der Waals surface area (Å²) >= 11 is 0.826. The number of hydrogen-bond acceptors (Lipinski definition) is 6. The van der Waals surface area contributed by atoms with E-state index >= 15 is 0 Å². The number of Topliss-reactive ketones (excluding diaryl/α,β-unsaturated/α-hetero) is 2. The molecular formula is C20H17F6N3O3S. The lowest BCUT2D eigenvalue weighted by atomic mass is 9.81. The van der Waals surface area contributed by atoms with Gasteiger partial charge in [-0.3, -0.25) is 14.4 Å². The third kappa shape index (κ3) is 5.02. The summed E-state index contributed by atoms with van der Waals surface area (Å²) in [5, 5.41) is 2.37. The summed E-state index contributed by atoms with van der Waals surface area (Å²) in [6, 6.07) is 1.00. The summed E-state index contributed by atoms with van der Waals surface area (Å²) in [5.41, 5.74) is 0.910. The number of aromatic nitrogens is 1. The van der Waals surface area contributed by atoms with E-state index in [1.54, 1.807) is 0 Å². The Hall–Kier alpha value is -2.96. The Kier molecular flexibility index (Phi) is 6.30. The summed E-state index contributed by atoms with van der Waals surface area (Å²) in [6.45, 7) is 0.575. The molecule has 2 aromatic rings. The van der Waals surface area contributed by atoms with Crippen molar-refractivity contribution in [3.63, 3.8) is 0 Å². The van der Waals surface area contributed by atoms with Crippen molar-refractivity contribution in [2.75, 3.05) is 5.73 Å². The van der Waals surface area contributed by atoms with Gasteiger partial charge < -0.3 is 11.1 Å². The number of alkyl halides is 6. The van der Waals surface area contributed by atoms with Crippen LogP contribution in [0.15, 0.2) is 18.2 Å². The number of hydrogen-bond donors (Lipinski definition) is 2. The molecule has 1 atom stereocenters. The first-order valence-corrected chi connectivity index (χ1v) is 10.3. The molecule has 33 heavy (non-hydrogen) atoms. The third-order valence-corrected chi connectivity index (χ3v) is 6.26. The molecule has 0 bridgehead atoms. The molecule has 6 nitrogen and oxygen atoms in total. The van der Waals surface area contributed by atoms with Gasteiger partial charge in [-0.1, -0.05) is 11.3 Å². The van der Waals surface area contributed by atoms with E-state index in [9.17, 15) is 40.7 Å². The third-order valence-electron chi connectivity index (χ3n) is 5.27. The van der Waals surface area contributed by atoms with Gasteiger partial charge in [0.15, 0.2) is 10.8 Å². The summed E-state index contributed by atoms with van der Waals surface area (Å²) in [7, 11) is 0. The van der Waals surface area contributed by atoms with Crippen LogP contribution >= 0.6 is 11.3 Å². The second-order valence-corrected chi connectivity index (χ2v) is 8.71. The number of ketones is 2. The van der Waals surface area contributed by atoms with Gasteiger partial charge in [0.2, 0.25) is 5.91 Å². The zero-order valence-electron chi connectivity index (χ0n) is 17.0. The Morgan fingerprint density at radius 2 is 1.70 bits per heavy atom. The Morgan fingerprint density at radius 3 is 2.12 bits per heavy atom. The van der Waals surface area contributed by atoms with E-state index in [4.69, 9.17) is 5.73 Å². The molecule has 0 aliphatic heterocycles. The fourth-order valence-electron chi connectivity index (χ4n) is 3.67. The van der Waals surface area contributed by atoms with E-state index in [2.05, 4.69) is 10.3 Å². The maximum absolute atomic E-state index is 13.1. The van der Waals surface area contributed by atoms with Crippen LogP contribution in [0.4, 0.5) is 31.3 Å². The quantitative estimate of drug-likeness (QED) is 0.479. The number of nitrogen functional groups attached to an aromatic ring is 1. The monoisotopic (exact) mass is 493 g/mol. The number of carbonyl (C=O) groups excluding carboxylic acids is 3. The molecule has 13 heteroatoms. The minimum absolute atomic E-state index is 0.000993. The van der Waals surface area contributed by atoms with E-state index in [-0.39, 0.29) is 46.8 Å². The van der Waals surface area contributed by atoms with Crippen molar-refractivity contribution < 1.29 is 40.7 Å². The molecule has 1 aromatic carbocycles. The zero-order chi connectivity index (χ0) is 24.8. The number of carbonyl (C=O) groups is 3. The second-order valence-electron chi connectivity index (χ2n) is 7.68. The van der Waals surface area contributed by atoms with Crippen LogP contribution in [-0.4, -0.2) is 22.5 Å². The van der Waals surface area contributed by atoms with Crippen molar-refractivity contribution in [1.29, 1.82) is 0 Å². The highest BCUT2D eigenvalue weighted by Gasteiger charge is 2.49. The van der Waals surface area contributed by atoms with Crippen LogP contribution in [0.25, 0.3) is 0 Å². The Bertz CT molecular complexity index is 1090. The van der Waals surface area contributed by atoms with Crippen molar-refractivity contribution in [1.82, 2.24) is 10.3 Å². The molecule has 1 aromatic heterocycles. The van der Waals surface area contributed by atoms with Crippen molar-refractivity contribution in [2.24, 2.45) is 0 Å². The Morgan fingerprint density at radius 1 is 1.12 bits per heavy atom. The Labute approximate surface area is 187 Å². The minimum atomic E-state index is -5.03. The van der Waals surface area contributed by atoms with Crippen LogP contribution in [0.2, 0.25) is 0 Å². The van der Waals surface area contributed by atoms with Crippen molar-refractivity contribution in [3.8, 4) is 0 Å². The normalized spacial score (nSPS) is 19.1. The van der Waals surface area contributed by atoms with E-state index in [1.165, 1.54) is 6.92 Å². The number of amides is 1. The molecule has 178 valence electrons. The molecule has 1 saturated carbocycles. The highest BCUT2D eigenvalue weighted by Crippen LogP contribution is 2.43. The molecule has 0 saturated heterocycles. The lowest BCUT2D eigenvalue weighted by Gasteiger charge is -2.26. The van der Waals surface area contributed by atoms with Gasteiger partial charge in [-0.25, -0.2) is 4.98 Å². The number of benzene rings is 1. The molecule has 3 rings (SSSR count). The highest BCUT2D eigenvalue weighted by atomic mass is 32.1. The van der Waals surface area contributed by atoms with E-state index in [0.717, 1.165) is 11.3 Å². The van der Waals surface area contributed by atoms with Gasteiger partial charge in [0.1, 0.15) is 16.2 Å². The number of halogens is 6. The molecule has 3 N–H and O–H groups in total. The number of nitrogens with zero attached hydrogens (tertiary/aromatic N) is 1. The predicted octanol–water partition coefficient (Wildman–Crippen LogP) is 4.27. The number of nitrogens with one attached hydrogen (secondary N) is 1. The average molecular weight is 493 g/mol. The minimum Gasteiger partial charge on any atom is -0.389 e. The highest BCUT2D eigenvalue weighted by molar-refractivity contribution is 7.17. The Balaban J connectivity index is 1.94. The van der Waals surface area contributed by atoms with Crippen LogP contribution in [0.3, 0.4) is 0 Å². The number of rotatable bonds is 5. The van der Waals surface area contributed by atoms with Gasteiger partial charge in [-0.05, 0) is 30.2 Å². The summed E-state index contributed by atoms with van der Waals surface area (Å²) in [4.78, 5) is 40.9. The SMILES string of the molecule is CC(=O)c1nc(C2(C(=O)NCc3cc(C(F)(F)F)cc(C(F)(F)F)c3)CCC(=O)C2)c(N)s1. The van der Waals surface area contributed by atoms with Crippen LogP contribution < -0.4 is 11.1 Å². The van der Waals surface area contributed by atoms with Crippen molar-refractivity contribution >= 4 is 33.8 Å². The molecular weight excluding hydrogens is 476 g/mol. The van der Waals surface area contributed by atoms with Gasteiger partial charge in [-0.2, -0.15) is 26.3 Å². The average Bonchev–Trinajstić information content (AvgIpc) is 3.28. The molecule has 1 amide bonds. The lowest BCUT2D eigenvalue weighted by molar-refractivity contribution is -0.143. The summed E-state index contributed by atoms with van der Waals surface area (Å²) < 4.78 is 78.5. The maximum Gasteiger partial charge on any atom is 0.416 e. The molecule has 0 spiro atoms. The standard InChI is InChI=1S/C20H17F6N3O3S/c1-9(30)16-29-14(15(27)33-16)18(3-2-13(31)7-18)17(32)28-8-10-4-11(19(21,22)23)6-12(5-10)20(24,25)26/h4-6H,2-3,7-8,27H2,1H3,(H,28,32). The first kappa shape index (κ1) is 24.7. The topological polar surface area (TPSA) is 102 Å². The zero-order valence-corrected chi connectivity index (χ0v) is 17.8. The first-order chi connectivity index (χ1) is 15.1. The second kappa shape index (κ2) is 8.43. The number of anilines is 1. The molecule has 1 aliphatic rings. The molecule has 1 heterocycles. The molecule has 1 unspecified atom stereocenters. The predicted molar refractivity (Wildman–Crippen MR) is 105 cm³/mol. The summed E-state index contributed by atoms with van der Waals surface area (Å²) in [6.07, 6.45) is -10.4. The van der Waals surface area contributed by atoms with E-state index in [0.29, 0.717) is 12.1 Å². The number of nitrogens with two attached hydrogens (primary N) is 1. The van der Waals surface area contributed by atoms with Crippen LogP contribution in [0.5, 0.6) is 0 Å². The van der Waals surface area contributed by atoms with Crippen molar-refractivity contribution in [2.45, 2.75) is 50.5 Å². The van der Waals surface area contributed by atoms with Gasteiger partial charge in [-0.15, -0.1) is 0 Å². The van der Waals surface area contributed by atoms with E-state index < -0.39 is 52.7 Å². The number of thiazole rings is 1. The van der Waals surface area contributed by atoms with Crippen LogP contribution in [0.1, 0.15) is 58.4 Å². The van der Waals surface area contributed by atoms with Crippen molar-refractivity contribution in [3.05, 3.63) is 45.6 Å².